The van der Waals surface area contributed by atoms with Crippen LogP contribution < -0.4 is 5.32 Å². The van der Waals surface area contributed by atoms with Gasteiger partial charge in [0.15, 0.2) is 0 Å². The predicted molar refractivity (Wildman–Crippen MR) is 106 cm³/mol. The lowest BCUT2D eigenvalue weighted by atomic mass is 9.97. The van der Waals surface area contributed by atoms with E-state index in [1.807, 2.05) is 0 Å². The number of hydrogen-bond acceptors (Lipinski definition) is 1. The predicted octanol–water partition coefficient (Wildman–Crippen LogP) is 6.16. The Morgan fingerprint density at radius 2 is 0.960 bits per heavy atom. The number of benzene rings is 4. The van der Waals surface area contributed by atoms with Gasteiger partial charge in [-0.25, -0.2) is 0 Å². The average molecular weight is 323 g/mol. The van der Waals surface area contributed by atoms with Crippen molar-refractivity contribution in [3.8, 4) is 0 Å². The fourth-order valence-corrected chi connectivity index (χ4v) is 4.34. The Morgan fingerprint density at radius 1 is 0.520 bits per heavy atom. The summed E-state index contributed by atoms with van der Waals surface area (Å²) in [6.45, 7) is 0. The second-order valence-electron chi connectivity index (χ2n) is 6.99. The molecule has 5 rings (SSSR count). The van der Waals surface area contributed by atoms with Crippen molar-refractivity contribution in [3.05, 3.63) is 96.1 Å². The third kappa shape index (κ3) is 2.52. The molecule has 1 saturated heterocycles. The highest BCUT2D eigenvalue weighted by atomic mass is 15.0. The van der Waals surface area contributed by atoms with E-state index in [-0.39, 0.29) is 0 Å². The van der Waals surface area contributed by atoms with Crippen molar-refractivity contribution in [2.45, 2.75) is 24.9 Å². The molecule has 4 aromatic carbocycles. The third-order valence-corrected chi connectivity index (χ3v) is 5.54. The van der Waals surface area contributed by atoms with Crippen LogP contribution in [-0.4, -0.2) is 0 Å². The fourth-order valence-electron chi connectivity index (χ4n) is 4.34. The van der Waals surface area contributed by atoms with Gasteiger partial charge in [-0.1, -0.05) is 84.9 Å². The van der Waals surface area contributed by atoms with Crippen LogP contribution in [0.1, 0.15) is 36.1 Å². The maximum atomic E-state index is 3.91. The first kappa shape index (κ1) is 14.7. The Bertz CT molecular complexity index is 954. The topological polar surface area (TPSA) is 12.0 Å². The number of rotatable bonds is 2. The minimum Gasteiger partial charge on any atom is -0.303 e. The Labute approximate surface area is 148 Å². The number of hydrogen-bond donors (Lipinski definition) is 1. The minimum atomic E-state index is 0.426. The molecule has 1 heterocycles. The van der Waals surface area contributed by atoms with E-state index in [2.05, 4.69) is 90.2 Å². The second kappa shape index (κ2) is 6.02. The van der Waals surface area contributed by atoms with Gasteiger partial charge >= 0.3 is 0 Å². The molecule has 1 heteroatoms. The maximum Gasteiger partial charge on any atom is 0.0332 e. The normalized spacial score (nSPS) is 20.3. The van der Waals surface area contributed by atoms with Crippen molar-refractivity contribution >= 4 is 21.5 Å². The van der Waals surface area contributed by atoms with Gasteiger partial charge in [-0.15, -0.1) is 0 Å². The van der Waals surface area contributed by atoms with E-state index in [4.69, 9.17) is 0 Å². The minimum absolute atomic E-state index is 0.426. The molecule has 1 aliphatic rings. The van der Waals surface area contributed by atoms with E-state index in [1.165, 1.54) is 45.5 Å². The Balaban J connectivity index is 1.52. The first-order chi connectivity index (χ1) is 12.4. The van der Waals surface area contributed by atoms with Crippen LogP contribution in [0.25, 0.3) is 21.5 Å². The van der Waals surface area contributed by atoms with Crippen LogP contribution >= 0.6 is 0 Å². The highest BCUT2D eigenvalue weighted by Gasteiger charge is 2.27. The van der Waals surface area contributed by atoms with Crippen molar-refractivity contribution in [2.24, 2.45) is 0 Å². The SMILES string of the molecule is c1ccc2c(C3CCC(c4cccc5ccccc45)N3)cccc2c1. The summed E-state index contributed by atoms with van der Waals surface area (Å²) in [7, 11) is 0. The lowest BCUT2D eigenvalue weighted by Gasteiger charge is -2.18. The summed E-state index contributed by atoms with van der Waals surface area (Å²) >= 11 is 0. The third-order valence-electron chi connectivity index (χ3n) is 5.54. The molecule has 2 atom stereocenters. The molecule has 0 aromatic heterocycles. The smallest absolute Gasteiger partial charge is 0.0332 e. The van der Waals surface area contributed by atoms with E-state index < -0.39 is 0 Å². The molecule has 0 radical (unpaired) electrons. The van der Waals surface area contributed by atoms with Crippen LogP contribution in [0.2, 0.25) is 0 Å². The first-order valence-corrected chi connectivity index (χ1v) is 9.11. The number of nitrogens with one attached hydrogen (secondary N) is 1. The van der Waals surface area contributed by atoms with Gasteiger partial charge in [0.1, 0.15) is 0 Å². The van der Waals surface area contributed by atoms with Gasteiger partial charge in [-0.2, -0.15) is 0 Å². The van der Waals surface area contributed by atoms with E-state index in [1.54, 1.807) is 0 Å². The fraction of sp³-hybridized carbons (Fsp3) is 0.167. The summed E-state index contributed by atoms with van der Waals surface area (Å²) in [6.07, 6.45) is 2.36. The van der Waals surface area contributed by atoms with Crippen molar-refractivity contribution in [1.29, 1.82) is 0 Å². The molecule has 122 valence electrons. The molecule has 25 heavy (non-hydrogen) atoms. The van der Waals surface area contributed by atoms with Crippen LogP contribution in [0.4, 0.5) is 0 Å². The Hall–Kier alpha value is -2.64. The van der Waals surface area contributed by atoms with Gasteiger partial charge in [0.05, 0.1) is 0 Å². The molecule has 1 N–H and O–H groups in total. The van der Waals surface area contributed by atoms with Crippen molar-refractivity contribution < 1.29 is 0 Å². The number of fused-ring (bicyclic) bond motifs is 2. The van der Waals surface area contributed by atoms with Crippen molar-refractivity contribution in [3.63, 3.8) is 0 Å². The van der Waals surface area contributed by atoms with Gasteiger partial charge in [0.25, 0.3) is 0 Å². The van der Waals surface area contributed by atoms with Crippen LogP contribution in [-0.2, 0) is 0 Å². The highest BCUT2D eigenvalue weighted by Crippen LogP contribution is 2.39. The quantitative estimate of drug-likeness (QED) is 0.466. The largest absolute Gasteiger partial charge is 0.303 e. The lowest BCUT2D eigenvalue weighted by molar-refractivity contribution is 0.580. The van der Waals surface area contributed by atoms with Gasteiger partial charge in [0, 0.05) is 12.1 Å². The molecule has 1 fully saturated rings. The molecule has 2 unspecified atom stereocenters. The average Bonchev–Trinajstić information content (AvgIpc) is 3.17. The Morgan fingerprint density at radius 3 is 1.48 bits per heavy atom. The molecule has 4 aromatic rings. The molecule has 1 aliphatic heterocycles. The molecule has 1 nitrogen and oxygen atoms in total. The zero-order chi connectivity index (χ0) is 16.6. The second-order valence-corrected chi connectivity index (χ2v) is 6.99. The van der Waals surface area contributed by atoms with E-state index in [9.17, 15) is 0 Å². The van der Waals surface area contributed by atoms with E-state index in [0.29, 0.717) is 12.1 Å². The highest BCUT2D eigenvalue weighted by molar-refractivity contribution is 5.87. The van der Waals surface area contributed by atoms with Crippen LogP contribution in [0.15, 0.2) is 84.9 Å². The van der Waals surface area contributed by atoms with Crippen molar-refractivity contribution in [1.82, 2.24) is 5.32 Å². The zero-order valence-corrected chi connectivity index (χ0v) is 14.2. The van der Waals surface area contributed by atoms with Crippen LogP contribution in [0.5, 0.6) is 0 Å². The standard InChI is InChI=1S/C24H21N/c1-3-11-19-17(7-1)9-5-13-21(19)23-15-16-24(25-23)22-14-6-10-18-8-2-4-12-20(18)22/h1-14,23-25H,15-16H2. The lowest BCUT2D eigenvalue weighted by Crippen LogP contribution is -2.18. The molecule has 0 bridgehead atoms. The Kier molecular flexibility index (Phi) is 3.53. The molecular formula is C24H21N. The molecule has 0 spiro atoms. The summed E-state index contributed by atoms with van der Waals surface area (Å²) in [5.74, 6) is 0. The van der Waals surface area contributed by atoms with Gasteiger partial charge in [-0.05, 0) is 45.5 Å². The van der Waals surface area contributed by atoms with Gasteiger partial charge in [0.2, 0.25) is 0 Å². The zero-order valence-electron chi connectivity index (χ0n) is 14.2. The molecule has 0 saturated carbocycles. The van der Waals surface area contributed by atoms with E-state index in [0.717, 1.165) is 0 Å². The van der Waals surface area contributed by atoms with Crippen molar-refractivity contribution in [2.75, 3.05) is 0 Å². The summed E-state index contributed by atoms with van der Waals surface area (Å²) in [5, 5.41) is 9.32. The van der Waals surface area contributed by atoms with Crippen LogP contribution in [0.3, 0.4) is 0 Å². The summed E-state index contributed by atoms with van der Waals surface area (Å²) in [4.78, 5) is 0. The molecular weight excluding hydrogens is 302 g/mol. The summed E-state index contributed by atoms with van der Waals surface area (Å²) in [5.41, 5.74) is 2.86. The monoisotopic (exact) mass is 323 g/mol. The van der Waals surface area contributed by atoms with Gasteiger partial charge in [-0.3, -0.25) is 0 Å². The molecule has 0 amide bonds. The van der Waals surface area contributed by atoms with Gasteiger partial charge < -0.3 is 5.32 Å². The summed E-state index contributed by atoms with van der Waals surface area (Å²) < 4.78 is 0. The summed E-state index contributed by atoms with van der Waals surface area (Å²) in [6, 6.07) is 31.6. The maximum absolute atomic E-state index is 3.91. The van der Waals surface area contributed by atoms with Crippen LogP contribution in [0, 0.1) is 0 Å². The first-order valence-electron chi connectivity index (χ1n) is 9.11. The molecule has 0 aliphatic carbocycles. The van der Waals surface area contributed by atoms with E-state index >= 15 is 0 Å².